The van der Waals surface area contributed by atoms with E-state index in [0.29, 0.717) is 28.3 Å². The molecule has 0 saturated heterocycles. The molecule has 0 radical (unpaired) electrons. The number of rotatable bonds is 5. The molecule has 1 heterocycles. The van der Waals surface area contributed by atoms with Crippen molar-refractivity contribution in [3.8, 4) is 0 Å². The van der Waals surface area contributed by atoms with Crippen LogP contribution in [0.1, 0.15) is 38.6 Å². The number of nitrogens with zero attached hydrogens (tertiary/aromatic N) is 2. The van der Waals surface area contributed by atoms with Crippen LogP contribution in [0.2, 0.25) is 0 Å². The first kappa shape index (κ1) is 14.8. The molecule has 0 fully saturated rings. The highest BCUT2D eigenvalue weighted by atomic mass is 79.9. The molecule has 2 aromatic rings. The van der Waals surface area contributed by atoms with E-state index in [4.69, 9.17) is 11.6 Å². The zero-order valence-corrected chi connectivity index (χ0v) is 13.4. The highest BCUT2D eigenvalue weighted by molar-refractivity contribution is 9.10. The second-order valence-corrected chi connectivity index (χ2v) is 5.79. The van der Waals surface area contributed by atoms with Gasteiger partial charge in [0.1, 0.15) is 11.6 Å². The maximum absolute atomic E-state index is 13.6. The van der Waals surface area contributed by atoms with Crippen molar-refractivity contribution in [1.82, 2.24) is 9.55 Å². The lowest BCUT2D eigenvalue weighted by molar-refractivity contribution is 0.468. The van der Waals surface area contributed by atoms with Gasteiger partial charge in [-0.25, -0.2) is 9.37 Å². The smallest absolute Gasteiger partial charge is 0.139 e. The van der Waals surface area contributed by atoms with Crippen LogP contribution in [0, 0.1) is 5.82 Å². The summed E-state index contributed by atoms with van der Waals surface area (Å²) in [5.74, 6) is 1.18. The molecule has 0 spiro atoms. The van der Waals surface area contributed by atoms with Crippen molar-refractivity contribution < 1.29 is 4.39 Å². The third-order valence-corrected chi connectivity index (χ3v) is 4.23. The predicted octanol–water partition coefficient (Wildman–Crippen LogP) is 5.08. The lowest BCUT2D eigenvalue weighted by Gasteiger charge is -2.18. The summed E-state index contributed by atoms with van der Waals surface area (Å²) in [6.07, 6.45) is 2.74. The number of aromatic nitrogens is 2. The number of hydrogen-bond donors (Lipinski definition) is 0. The molecule has 0 bridgehead atoms. The van der Waals surface area contributed by atoms with Crippen molar-refractivity contribution in [2.45, 2.75) is 39.2 Å². The fourth-order valence-corrected chi connectivity index (χ4v) is 2.96. The monoisotopic (exact) mass is 346 g/mol. The third kappa shape index (κ3) is 2.79. The average molecular weight is 348 g/mol. The lowest BCUT2D eigenvalue weighted by Crippen LogP contribution is -2.11. The van der Waals surface area contributed by atoms with Crippen LogP contribution >= 0.6 is 27.5 Å². The first-order chi connectivity index (χ1) is 9.12. The average Bonchev–Trinajstić information content (AvgIpc) is 2.71. The predicted molar refractivity (Wildman–Crippen MR) is 81.4 cm³/mol. The Morgan fingerprint density at radius 3 is 2.63 bits per heavy atom. The van der Waals surface area contributed by atoms with E-state index in [9.17, 15) is 4.39 Å². The first-order valence-electron chi connectivity index (χ1n) is 6.54. The first-order valence-corrected chi connectivity index (χ1v) is 7.86. The van der Waals surface area contributed by atoms with Crippen LogP contribution in [-0.4, -0.2) is 15.4 Å². The van der Waals surface area contributed by atoms with Crippen molar-refractivity contribution in [3.05, 3.63) is 28.2 Å². The molecule has 1 aromatic carbocycles. The molecule has 19 heavy (non-hydrogen) atoms. The van der Waals surface area contributed by atoms with E-state index in [1.165, 1.54) is 6.07 Å². The fraction of sp³-hybridized carbons (Fsp3) is 0.500. The molecule has 5 heteroatoms. The van der Waals surface area contributed by atoms with E-state index in [-0.39, 0.29) is 5.82 Å². The molecule has 0 aliphatic heterocycles. The van der Waals surface area contributed by atoms with Crippen LogP contribution in [0.5, 0.6) is 0 Å². The Morgan fingerprint density at radius 1 is 1.37 bits per heavy atom. The van der Waals surface area contributed by atoms with Crippen LogP contribution in [0.15, 0.2) is 16.6 Å². The van der Waals surface area contributed by atoms with Crippen molar-refractivity contribution in [1.29, 1.82) is 0 Å². The lowest BCUT2D eigenvalue weighted by atomic mass is 10.1. The third-order valence-electron chi connectivity index (χ3n) is 3.43. The quantitative estimate of drug-likeness (QED) is 0.690. The van der Waals surface area contributed by atoms with E-state index >= 15 is 0 Å². The van der Waals surface area contributed by atoms with Crippen molar-refractivity contribution in [2.75, 3.05) is 5.88 Å². The molecule has 0 N–H and O–H groups in total. The number of hydrogen-bond acceptors (Lipinski definition) is 1. The Morgan fingerprint density at radius 2 is 2.05 bits per heavy atom. The van der Waals surface area contributed by atoms with E-state index in [1.54, 1.807) is 0 Å². The Hall–Kier alpha value is -0.610. The maximum Gasteiger partial charge on any atom is 0.139 e. The highest BCUT2D eigenvalue weighted by Gasteiger charge is 2.18. The van der Waals surface area contributed by atoms with Gasteiger partial charge in [0.15, 0.2) is 0 Å². The van der Waals surface area contributed by atoms with E-state index in [0.717, 1.165) is 24.2 Å². The molecule has 104 valence electrons. The molecule has 0 unspecified atom stereocenters. The van der Waals surface area contributed by atoms with Crippen LogP contribution in [0.4, 0.5) is 4.39 Å². The molecular formula is C14H17BrClFN2. The normalized spacial score (nSPS) is 11.7. The summed E-state index contributed by atoms with van der Waals surface area (Å²) < 4.78 is 16.3. The van der Waals surface area contributed by atoms with E-state index < -0.39 is 0 Å². The summed E-state index contributed by atoms with van der Waals surface area (Å²) >= 11 is 9.10. The molecule has 0 amide bonds. The standard InChI is InChI=1S/C14H17BrClFN2/c1-3-9(4-2)19-13-7-10(15)11(17)8-12(13)18-14(19)5-6-16/h7-9H,3-6H2,1-2H3. The van der Waals surface area contributed by atoms with Gasteiger partial charge in [0.2, 0.25) is 0 Å². The Labute approximate surface area is 126 Å². The van der Waals surface area contributed by atoms with Gasteiger partial charge in [-0.2, -0.15) is 0 Å². The number of fused-ring (bicyclic) bond motifs is 1. The van der Waals surface area contributed by atoms with Crippen molar-refractivity contribution in [3.63, 3.8) is 0 Å². The van der Waals surface area contributed by atoms with Crippen molar-refractivity contribution >= 4 is 38.6 Å². The van der Waals surface area contributed by atoms with Gasteiger partial charge in [-0.05, 0) is 34.8 Å². The Kier molecular flexibility index (Phi) is 4.85. The Balaban J connectivity index is 2.68. The summed E-state index contributed by atoms with van der Waals surface area (Å²) in [6.45, 7) is 4.31. The molecule has 1 aromatic heterocycles. The molecule has 0 aliphatic rings. The highest BCUT2D eigenvalue weighted by Crippen LogP contribution is 2.29. The summed E-state index contributed by atoms with van der Waals surface area (Å²) in [7, 11) is 0. The summed E-state index contributed by atoms with van der Waals surface area (Å²) in [5, 5.41) is 0. The fourth-order valence-electron chi connectivity index (χ4n) is 2.46. The van der Waals surface area contributed by atoms with Crippen molar-refractivity contribution in [2.24, 2.45) is 0 Å². The molecule has 2 nitrogen and oxygen atoms in total. The van der Waals surface area contributed by atoms with Gasteiger partial charge in [0.05, 0.1) is 15.5 Å². The summed E-state index contributed by atoms with van der Waals surface area (Å²) in [4.78, 5) is 4.54. The SMILES string of the molecule is CCC(CC)n1c(CCCl)nc2cc(F)c(Br)cc21. The number of benzene rings is 1. The minimum absolute atomic E-state index is 0.279. The molecular weight excluding hydrogens is 331 g/mol. The second kappa shape index (κ2) is 6.23. The van der Waals surface area contributed by atoms with Gasteiger partial charge in [0.25, 0.3) is 0 Å². The largest absolute Gasteiger partial charge is 0.325 e. The zero-order valence-electron chi connectivity index (χ0n) is 11.1. The minimum atomic E-state index is -0.279. The van der Waals surface area contributed by atoms with Gasteiger partial charge in [-0.3, -0.25) is 0 Å². The number of imidazole rings is 1. The number of aryl methyl sites for hydroxylation is 1. The maximum atomic E-state index is 13.6. The summed E-state index contributed by atoms with van der Waals surface area (Å²) in [6, 6.07) is 3.67. The summed E-state index contributed by atoms with van der Waals surface area (Å²) in [5.41, 5.74) is 1.68. The van der Waals surface area contributed by atoms with Crippen LogP contribution < -0.4 is 0 Å². The van der Waals surface area contributed by atoms with Crippen LogP contribution in [-0.2, 0) is 6.42 Å². The second-order valence-electron chi connectivity index (χ2n) is 4.56. The van der Waals surface area contributed by atoms with E-state index in [2.05, 4.69) is 39.3 Å². The van der Waals surface area contributed by atoms with Crippen LogP contribution in [0.25, 0.3) is 11.0 Å². The molecule has 0 aliphatic carbocycles. The van der Waals surface area contributed by atoms with Gasteiger partial charge in [-0.15, -0.1) is 11.6 Å². The minimum Gasteiger partial charge on any atom is -0.325 e. The van der Waals surface area contributed by atoms with Gasteiger partial charge in [0, 0.05) is 24.4 Å². The number of halogens is 3. The molecule has 0 saturated carbocycles. The number of alkyl halides is 1. The zero-order chi connectivity index (χ0) is 14.0. The molecule has 0 atom stereocenters. The Bertz CT molecular complexity index is 578. The van der Waals surface area contributed by atoms with Gasteiger partial charge in [-0.1, -0.05) is 13.8 Å². The van der Waals surface area contributed by atoms with E-state index in [1.807, 2.05) is 6.07 Å². The topological polar surface area (TPSA) is 17.8 Å². The van der Waals surface area contributed by atoms with Gasteiger partial charge < -0.3 is 4.57 Å². The van der Waals surface area contributed by atoms with Crippen LogP contribution in [0.3, 0.4) is 0 Å². The van der Waals surface area contributed by atoms with Gasteiger partial charge >= 0.3 is 0 Å². The molecule has 2 rings (SSSR count).